The highest BCUT2D eigenvalue weighted by atomic mass is 35.5. The first-order valence-corrected chi connectivity index (χ1v) is 4.68. The lowest BCUT2D eigenvalue weighted by Crippen LogP contribution is -2.21. The van der Waals surface area contributed by atoms with Crippen molar-refractivity contribution in [2.45, 2.75) is 12.5 Å². The van der Waals surface area contributed by atoms with Crippen LogP contribution in [0.2, 0.25) is 5.15 Å². The molecule has 2 rings (SSSR count). The van der Waals surface area contributed by atoms with Crippen LogP contribution in [0.3, 0.4) is 0 Å². The number of aliphatic hydroxyl groups excluding tert-OH is 1. The van der Waals surface area contributed by atoms with E-state index in [1.54, 1.807) is 12.3 Å². The van der Waals surface area contributed by atoms with Gasteiger partial charge in [0.2, 0.25) is 0 Å². The predicted octanol–water partition coefficient (Wildman–Crippen LogP) is 1.31. The van der Waals surface area contributed by atoms with Gasteiger partial charge >= 0.3 is 0 Å². The van der Waals surface area contributed by atoms with E-state index in [0.29, 0.717) is 11.7 Å². The number of hydrogen-bond donors (Lipinski definition) is 1. The second kappa shape index (κ2) is 3.52. The molecule has 3 nitrogen and oxygen atoms in total. The fourth-order valence-corrected chi connectivity index (χ4v) is 1.64. The van der Waals surface area contributed by atoms with Gasteiger partial charge in [0.15, 0.2) is 0 Å². The summed E-state index contributed by atoms with van der Waals surface area (Å²) in [6.45, 7) is 1.59. The molecular formula is C9H11ClN2O. The zero-order chi connectivity index (χ0) is 9.26. The fraction of sp³-hybridized carbons (Fsp3) is 0.444. The molecule has 0 radical (unpaired) electrons. The highest BCUT2D eigenvalue weighted by molar-refractivity contribution is 6.29. The highest BCUT2D eigenvalue weighted by Crippen LogP contribution is 2.20. The molecule has 1 atom stereocenters. The monoisotopic (exact) mass is 198 g/mol. The van der Waals surface area contributed by atoms with E-state index in [4.69, 9.17) is 11.6 Å². The van der Waals surface area contributed by atoms with Crippen molar-refractivity contribution in [3.05, 3.63) is 23.5 Å². The van der Waals surface area contributed by atoms with Crippen molar-refractivity contribution in [3.63, 3.8) is 0 Å². The first kappa shape index (κ1) is 8.78. The molecule has 0 spiro atoms. The molecule has 70 valence electrons. The standard InChI is InChI=1S/C9H11ClN2O/c10-9-2-1-7(5-11-9)12-4-3-8(13)6-12/h1-2,5,8,13H,3-4,6H2. The van der Waals surface area contributed by atoms with Gasteiger partial charge in [-0.05, 0) is 18.6 Å². The number of halogens is 1. The Bertz CT molecular complexity index is 288. The Morgan fingerprint density at radius 2 is 2.38 bits per heavy atom. The van der Waals surface area contributed by atoms with Crippen LogP contribution in [0.25, 0.3) is 0 Å². The molecule has 0 amide bonds. The Balaban J connectivity index is 2.13. The van der Waals surface area contributed by atoms with Crippen molar-refractivity contribution in [2.75, 3.05) is 18.0 Å². The average molecular weight is 199 g/mol. The first-order chi connectivity index (χ1) is 6.25. The molecule has 0 aromatic carbocycles. The molecule has 13 heavy (non-hydrogen) atoms. The Labute approximate surface area is 82.0 Å². The average Bonchev–Trinajstić information content (AvgIpc) is 2.53. The van der Waals surface area contributed by atoms with E-state index in [1.807, 2.05) is 6.07 Å². The SMILES string of the molecule is OC1CCN(c2ccc(Cl)nc2)C1. The van der Waals surface area contributed by atoms with Crippen molar-refractivity contribution in [2.24, 2.45) is 0 Å². The van der Waals surface area contributed by atoms with E-state index in [1.165, 1.54) is 0 Å². The van der Waals surface area contributed by atoms with Crippen LogP contribution in [-0.2, 0) is 0 Å². The molecule has 1 aromatic heterocycles. The number of nitrogens with zero attached hydrogens (tertiary/aromatic N) is 2. The van der Waals surface area contributed by atoms with Gasteiger partial charge in [0.25, 0.3) is 0 Å². The molecule has 1 saturated heterocycles. The Hall–Kier alpha value is -0.800. The maximum Gasteiger partial charge on any atom is 0.129 e. The van der Waals surface area contributed by atoms with Gasteiger partial charge in [0.1, 0.15) is 5.15 Å². The van der Waals surface area contributed by atoms with E-state index in [-0.39, 0.29) is 6.10 Å². The Kier molecular flexibility index (Phi) is 2.38. The van der Waals surface area contributed by atoms with E-state index in [0.717, 1.165) is 18.7 Å². The van der Waals surface area contributed by atoms with Crippen LogP contribution < -0.4 is 4.90 Å². The van der Waals surface area contributed by atoms with Gasteiger partial charge in [-0.2, -0.15) is 0 Å². The van der Waals surface area contributed by atoms with Crippen molar-refractivity contribution < 1.29 is 5.11 Å². The predicted molar refractivity (Wildman–Crippen MR) is 52.1 cm³/mol. The molecule has 0 saturated carbocycles. The van der Waals surface area contributed by atoms with E-state index < -0.39 is 0 Å². The molecule has 1 fully saturated rings. The number of rotatable bonds is 1. The third-order valence-electron chi connectivity index (χ3n) is 2.24. The summed E-state index contributed by atoms with van der Waals surface area (Å²) in [6, 6.07) is 3.69. The maximum absolute atomic E-state index is 9.33. The zero-order valence-corrected chi connectivity index (χ0v) is 7.91. The molecule has 1 aromatic rings. The van der Waals surface area contributed by atoms with Crippen molar-refractivity contribution in [1.29, 1.82) is 0 Å². The largest absolute Gasteiger partial charge is 0.391 e. The van der Waals surface area contributed by atoms with Crippen LogP contribution in [0.1, 0.15) is 6.42 Å². The lowest BCUT2D eigenvalue weighted by molar-refractivity contribution is 0.198. The molecule has 1 aliphatic rings. The zero-order valence-electron chi connectivity index (χ0n) is 7.15. The summed E-state index contributed by atoms with van der Waals surface area (Å²) in [5.74, 6) is 0. The number of β-amino-alcohol motifs (C(OH)–C–C–N with tert-alkyl or cyclic N) is 1. The third kappa shape index (κ3) is 1.92. The molecule has 1 N–H and O–H groups in total. The van der Waals surface area contributed by atoms with Crippen LogP contribution in [-0.4, -0.2) is 29.3 Å². The molecule has 4 heteroatoms. The summed E-state index contributed by atoms with van der Waals surface area (Å²) in [6.07, 6.45) is 2.37. The molecule has 1 unspecified atom stereocenters. The van der Waals surface area contributed by atoms with Crippen molar-refractivity contribution in [1.82, 2.24) is 4.98 Å². The van der Waals surface area contributed by atoms with Gasteiger partial charge < -0.3 is 10.0 Å². The van der Waals surface area contributed by atoms with Gasteiger partial charge in [-0.25, -0.2) is 4.98 Å². The normalized spacial score (nSPS) is 22.3. The minimum atomic E-state index is -0.198. The number of hydrogen-bond acceptors (Lipinski definition) is 3. The van der Waals surface area contributed by atoms with E-state index >= 15 is 0 Å². The van der Waals surface area contributed by atoms with Gasteiger partial charge in [-0.15, -0.1) is 0 Å². The van der Waals surface area contributed by atoms with Gasteiger partial charge in [-0.3, -0.25) is 0 Å². The van der Waals surface area contributed by atoms with Crippen molar-refractivity contribution >= 4 is 17.3 Å². The van der Waals surface area contributed by atoms with Crippen LogP contribution >= 0.6 is 11.6 Å². The lowest BCUT2D eigenvalue weighted by atomic mass is 10.3. The van der Waals surface area contributed by atoms with Crippen LogP contribution in [0.5, 0.6) is 0 Å². The number of pyridine rings is 1. The Morgan fingerprint density at radius 3 is 2.92 bits per heavy atom. The summed E-state index contributed by atoms with van der Waals surface area (Å²) < 4.78 is 0. The number of anilines is 1. The first-order valence-electron chi connectivity index (χ1n) is 4.30. The van der Waals surface area contributed by atoms with Crippen molar-refractivity contribution in [3.8, 4) is 0 Å². The van der Waals surface area contributed by atoms with E-state index in [2.05, 4.69) is 9.88 Å². The maximum atomic E-state index is 9.33. The quantitative estimate of drug-likeness (QED) is 0.692. The lowest BCUT2D eigenvalue weighted by Gasteiger charge is -2.16. The summed E-state index contributed by atoms with van der Waals surface area (Å²) in [5.41, 5.74) is 1.03. The molecule has 1 aliphatic heterocycles. The second-order valence-corrected chi connectivity index (χ2v) is 3.61. The molecule has 0 aliphatic carbocycles. The van der Waals surface area contributed by atoms with Crippen LogP contribution in [0.15, 0.2) is 18.3 Å². The summed E-state index contributed by atoms with van der Waals surface area (Å²) in [4.78, 5) is 6.10. The molecule has 2 heterocycles. The summed E-state index contributed by atoms with van der Waals surface area (Å²) in [7, 11) is 0. The summed E-state index contributed by atoms with van der Waals surface area (Å²) >= 11 is 5.67. The number of aliphatic hydroxyl groups is 1. The highest BCUT2D eigenvalue weighted by Gasteiger charge is 2.20. The van der Waals surface area contributed by atoms with Crippen LogP contribution in [0.4, 0.5) is 5.69 Å². The van der Waals surface area contributed by atoms with Gasteiger partial charge in [0, 0.05) is 13.1 Å². The topological polar surface area (TPSA) is 36.4 Å². The molecule has 0 bridgehead atoms. The van der Waals surface area contributed by atoms with Gasteiger partial charge in [0.05, 0.1) is 18.0 Å². The molecular weight excluding hydrogens is 188 g/mol. The van der Waals surface area contributed by atoms with Gasteiger partial charge in [-0.1, -0.05) is 11.6 Å². The third-order valence-corrected chi connectivity index (χ3v) is 2.46. The van der Waals surface area contributed by atoms with E-state index in [9.17, 15) is 5.11 Å². The minimum Gasteiger partial charge on any atom is -0.391 e. The number of aromatic nitrogens is 1. The van der Waals surface area contributed by atoms with Crippen LogP contribution in [0, 0.1) is 0 Å². The fourth-order valence-electron chi connectivity index (χ4n) is 1.53. The Morgan fingerprint density at radius 1 is 1.54 bits per heavy atom. The summed E-state index contributed by atoms with van der Waals surface area (Å²) in [5, 5.41) is 9.83. The second-order valence-electron chi connectivity index (χ2n) is 3.23. The minimum absolute atomic E-state index is 0.198. The smallest absolute Gasteiger partial charge is 0.129 e.